The molecule has 82 valence electrons. The van der Waals surface area contributed by atoms with Crippen molar-refractivity contribution in [1.82, 2.24) is 0 Å². The first kappa shape index (κ1) is 12.0. The number of hydrogen-bond donors (Lipinski definition) is 0. The van der Waals surface area contributed by atoms with E-state index in [1.807, 2.05) is 0 Å². The first-order valence-electron chi connectivity index (χ1n) is 4.69. The molecule has 1 rings (SSSR count). The van der Waals surface area contributed by atoms with Crippen LogP contribution >= 0.6 is 11.6 Å². The molecule has 0 aliphatic heterocycles. The molecule has 0 fully saturated rings. The van der Waals surface area contributed by atoms with Gasteiger partial charge in [0.25, 0.3) is 0 Å². The van der Waals surface area contributed by atoms with Gasteiger partial charge in [0.05, 0.1) is 5.02 Å². The van der Waals surface area contributed by atoms with Gasteiger partial charge in [-0.1, -0.05) is 24.6 Å². The van der Waals surface area contributed by atoms with E-state index >= 15 is 0 Å². The summed E-state index contributed by atoms with van der Waals surface area (Å²) in [6, 6.07) is 4.45. The molecule has 0 amide bonds. The van der Waals surface area contributed by atoms with Crippen LogP contribution in [0.4, 0.5) is 4.39 Å². The number of Topliss-reactive ketones (excluding diaryl/α,β-unsaturated/α-hetero) is 1. The van der Waals surface area contributed by atoms with Crippen LogP contribution in [0.25, 0.3) is 0 Å². The zero-order valence-corrected chi connectivity index (χ0v) is 9.34. The van der Waals surface area contributed by atoms with E-state index in [-0.39, 0.29) is 16.6 Å². The summed E-state index contributed by atoms with van der Waals surface area (Å²) in [5, 5.41) is -0.0105. The summed E-state index contributed by atoms with van der Waals surface area (Å²) < 4.78 is 18.5. The Labute approximate surface area is 93.0 Å². The summed E-state index contributed by atoms with van der Waals surface area (Å²) >= 11 is 5.57. The molecule has 1 aromatic rings. The van der Waals surface area contributed by atoms with Crippen LogP contribution in [0.5, 0.6) is 5.75 Å². The molecule has 1 atom stereocenters. The van der Waals surface area contributed by atoms with E-state index in [2.05, 4.69) is 0 Å². The van der Waals surface area contributed by atoms with Crippen LogP contribution in [0.2, 0.25) is 5.02 Å². The summed E-state index contributed by atoms with van der Waals surface area (Å²) in [5.41, 5.74) is 0. The minimum Gasteiger partial charge on any atom is -0.480 e. The average Bonchev–Trinajstić information content (AvgIpc) is 2.23. The lowest BCUT2D eigenvalue weighted by atomic mass is 10.2. The molecule has 0 N–H and O–H groups in total. The summed E-state index contributed by atoms with van der Waals surface area (Å²) in [4.78, 5) is 11.2. The molecule has 0 heterocycles. The van der Waals surface area contributed by atoms with Gasteiger partial charge in [0.2, 0.25) is 0 Å². The van der Waals surface area contributed by atoms with Gasteiger partial charge < -0.3 is 4.74 Å². The zero-order valence-electron chi connectivity index (χ0n) is 8.59. The SMILES string of the molecule is CCC(=O)C(C)Oc1cccc(Cl)c1F. The van der Waals surface area contributed by atoms with E-state index in [0.29, 0.717) is 6.42 Å². The van der Waals surface area contributed by atoms with Crippen molar-refractivity contribution in [3.8, 4) is 5.75 Å². The smallest absolute Gasteiger partial charge is 0.183 e. The van der Waals surface area contributed by atoms with E-state index in [4.69, 9.17) is 16.3 Å². The van der Waals surface area contributed by atoms with E-state index in [1.54, 1.807) is 19.9 Å². The molecule has 1 aromatic carbocycles. The van der Waals surface area contributed by atoms with Crippen LogP contribution in [0.3, 0.4) is 0 Å². The monoisotopic (exact) mass is 230 g/mol. The van der Waals surface area contributed by atoms with Crippen molar-refractivity contribution in [2.45, 2.75) is 26.4 Å². The molecule has 0 aliphatic carbocycles. The topological polar surface area (TPSA) is 26.3 Å². The van der Waals surface area contributed by atoms with Gasteiger partial charge >= 0.3 is 0 Å². The second kappa shape index (κ2) is 5.12. The van der Waals surface area contributed by atoms with Crippen LogP contribution in [0.1, 0.15) is 20.3 Å². The Morgan fingerprint density at radius 3 is 2.87 bits per heavy atom. The average molecular weight is 231 g/mol. The van der Waals surface area contributed by atoms with Crippen molar-refractivity contribution in [2.75, 3.05) is 0 Å². The van der Waals surface area contributed by atoms with E-state index in [1.165, 1.54) is 12.1 Å². The first-order valence-corrected chi connectivity index (χ1v) is 5.07. The van der Waals surface area contributed by atoms with Gasteiger partial charge in [0.1, 0.15) is 0 Å². The summed E-state index contributed by atoms with van der Waals surface area (Å²) in [6.45, 7) is 3.32. The maximum atomic E-state index is 13.4. The van der Waals surface area contributed by atoms with E-state index in [0.717, 1.165) is 0 Å². The minimum atomic E-state index is -0.650. The van der Waals surface area contributed by atoms with Crippen molar-refractivity contribution in [3.05, 3.63) is 29.0 Å². The zero-order chi connectivity index (χ0) is 11.4. The van der Waals surface area contributed by atoms with Crippen LogP contribution in [0.15, 0.2) is 18.2 Å². The van der Waals surface area contributed by atoms with Gasteiger partial charge in [0.15, 0.2) is 23.5 Å². The minimum absolute atomic E-state index is 0.0105. The highest BCUT2D eigenvalue weighted by Gasteiger charge is 2.15. The lowest BCUT2D eigenvalue weighted by Crippen LogP contribution is -2.23. The van der Waals surface area contributed by atoms with Gasteiger partial charge in [-0.15, -0.1) is 0 Å². The number of ketones is 1. The van der Waals surface area contributed by atoms with E-state index < -0.39 is 11.9 Å². The van der Waals surface area contributed by atoms with Crippen molar-refractivity contribution < 1.29 is 13.9 Å². The van der Waals surface area contributed by atoms with Gasteiger partial charge in [-0.25, -0.2) is 4.39 Å². The van der Waals surface area contributed by atoms with Crippen LogP contribution in [-0.4, -0.2) is 11.9 Å². The number of carbonyl (C=O) groups is 1. The number of carbonyl (C=O) groups excluding carboxylic acids is 1. The van der Waals surface area contributed by atoms with Crippen molar-refractivity contribution in [3.63, 3.8) is 0 Å². The molecule has 1 unspecified atom stereocenters. The van der Waals surface area contributed by atoms with Gasteiger partial charge in [-0.2, -0.15) is 0 Å². The Bertz CT molecular complexity index is 366. The number of rotatable bonds is 4. The molecular weight excluding hydrogens is 219 g/mol. The molecule has 0 aliphatic rings. The molecule has 0 saturated heterocycles. The maximum Gasteiger partial charge on any atom is 0.183 e. The second-order valence-corrected chi connectivity index (χ2v) is 3.54. The summed E-state index contributed by atoms with van der Waals surface area (Å²) in [6.07, 6.45) is -0.286. The lowest BCUT2D eigenvalue weighted by Gasteiger charge is -2.13. The molecule has 15 heavy (non-hydrogen) atoms. The highest BCUT2D eigenvalue weighted by Crippen LogP contribution is 2.25. The molecule has 0 saturated carbocycles. The van der Waals surface area contributed by atoms with Crippen molar-refractivity contribution in [1.29, 1.82) is 0 Å². The molecule has 0 spiro atoms. The maximum absolute atomic E-state index is 13.4. The van der Waals surface area contributed by atoms with Crippen LogP contribution in [0, 0.1) is 5.82 Å². The third-order valence-corrected chi connectivity index (χ3v) is 2.31. The quantitative estimate of drug-likeness (QED) is 0.794. The fraction of sp³-hybridized carbons (Fsp3) is 0.364. The summed E-state index contributed by atoms with van der Waals surface area (Å²) in [7, 11) is 0. The number of halogens is 2. The third-order valence-electron chi connectivity index (χ3n) is 2.02. The van der Waals surface area contributed by atoms with E-state index in [9.17, 15) is 9.18 Å². The third kappa shape index (κ3) is 2.93. The van der Waals surface area contributed by atoms with Gasteiger partial charge in [-0.05, 0) is 19.1 Å². The second-order valence-electron chi connectivity index (χ2n) is 3.13. The molecular formula is C11H12ClFO2. The predicted octanol–water partition coefficient (Wildman–Crippen LogP) is 3.23. The van der Waals surface area contributed by atoms with Crippen molar-refractivity contribution in [2.24, 2.45) is 0 Å². The Hall–Kier alpha value is -1.09. The molecule has 0 radical (unpaired) electrons. The molecule has 0 aromatic heterocycles. The van der Waals surface area contributed by atoms with Crippen LogP contribution in [-0.2, 0) is 4.79 Å². The van der Waals surface area contributed by atoms with Gasteiger partial charge in [0, 0.05) is 6.42 Å². The summed E-state index contributed by atoms with van der Waals surface area (Å²) in [5.74, 6) is -0.693. The van der Waals surface area contributed by atoms with Crippen molar-refractivity contribution >= 4 is 17.4 Å². The van der Waals surface area contributed by atoms with Crippen LogP contribution < -0.4 is 4.74 Å². The Balaban J connectivity index is 2.81. The Kier molecular flexibility index (Phi) is 4.09. The Morgan fingerprint density at radius 1 is 1.60 bits per heavy atom. The lowest BCUT2D eigenvalue weighted by molar-refractivity contribution is -0.124. The fourth-order valence-electron chi connectivity index (χ4n) is 1.12. The standard InChI is InChI=1S/C11H12ClFO2/c1-3-9(14)7(2)15-10-6-4-5-8(12)11(10)13/h4-7H,3H2,1-2H3. The van der Waals surface area contributed by atoms with Gasteiger partial charge in [-0.3, -0.25) is 4.79 Å². The first-order chi connectivity index (χ1) is 7.06. The Morgan fingerprint density at radius 2 is 2.27 bits per heavy atom. The normalized spacial score (nSPS) is 12.3. The predicted molar refractivity (Wildman–Crippen MR) is 56.8 cm³/mol. The number of benzene rings is 1. The fourth-order valence-corrected chi connectivity index (χ4v) is 1.28. The molecule has 0 bridgehead atoms. The highest BCUT2D eigenvalue weighted by molar-refractivity contribution is 6.30. The highest BCUT2D eigenvalue weighted by atomic mass is 35.5. The largest absolute Gasteiger partial charge is 0.480 e. The number of hydrogen-bond acceptors (Lipinski definition) is 2. The molecule has 4 heteroatoms. The molecule has 2 nitrogen and oxygen atoms in total. The number of ether oxygens (including phenoxy) is 1.